The van der Waals surface area contributed by atoms with E-state index in [4.69, 9.17) is 0 Å². The Morgan fingerprint density at radius 1 is 1.10 bits per heavy atom. The molecule has 0 saturated heterocycles. The van der Waals surface area contributed by atoms with E-state index >= 15 is 0 Å². The van der Waals surface area contributed by atoms with Crippen LogP contribution in [0.1, 0.15) is 58.3 Å². The Bertz CT molecular complexity index is 412. The SMILES string of the molecule is CCCCCCCCCC(C#N)Nc1ccccc1Br. The summed E-state index contributed by atoms with van der Waals surface area (Å²) in [7, 11) is 0. The predicted octanol–water partition coefficient (Wildman–Crippen LogP) is 5.89. The minimum absolute atomic E-state index is 0.0932. The number of nitriles is 1. The van der Waals surface area contributed by atoms with Gasteiger partial charge in [-0.2, -0.15) is 5.26 Å². The summed E-state index contributed by atoms with van der Waals surface area (Å²) in [5.41, 5.74) is 1.00. The molecule has 1 atom stereocenters. The largest absolute Gasteiger partial charge is 0.369 e. The second-order valence-electron chi connectivity index (χ2n) is 5.22. The van der Waals surface area contributed by atoms with Crippen molar-refractivity contribution in [2.24, 2.45) is 0 Å². The number of halogens is 1. The van der Waals surface area contributed by atoms with Gasteiger partial charge in [0.1, 0.15) is 6.04 Å². The second-order valence-corrected chi connectivity index (χ2v) is 6.07. The number of rotatable bonds is 10. The Labute approximate surface area is 131 Å². The van der Waals surface area contributed by atoms with Crippen LogP contribution in [0.15, 0.2) is 28.7 Å². The maximum absolute atomic E-state index is 9.22. The van der Waals surface area contributed by atoms with Gasteiger partial charge in [-0.15, -0.1) is 0 Å². The lowest BCUT2D eigenvalue weighted by molar-refractivity contribution is 0.569. The van der Waals surface area contributed by atoms with Gasteiger partial charge in [0.05, 0.1) is 6.07 Å². The van der Waals surface area contributed by atoms with Crippen LogP contribution in [0.5, 0.6) is 0 Å². The van der Waals surface area contributed by atoms with Crippen molar-refractivity contribution in [3.63, 3.8) is 0 Å². The molecule has 1 rings (SSSR count). The molecular formula is C17H25BrN2. The molecule has 0 heterocycles. The Morgan fingerprint density at radius 3 is 2.40 bits per heavy atom. The second kappa shape index (κ2) is 10.7. The maximum atomic E-state index is 9.22. The van der Waals surface area contributed by atoms with Gasteiger partial charge in [0.15, 0.2) is 0 Å². The summed E-state index contributed by atoms with van der Waals surface area (Å²) in [6.45, 7) is 2.24. The lowest BCUT2D eigenvalue weighted by Crippen LogP contribution is -2.17. The maximum Gasteiger partial charge on any atom is 0.114 e. The van der Waals surface area contributed by atoms with Crippen molar-refractivity contribution in [2.75, 3.05) is 5.32 Å². The molecule has 0 amide bonds. The monoisotopic (exact) mass is 336 g/mol. The summed E-state index contributed by atoms with van der Waals surface area (Å²) < 4.78 is 1.01. The highest BCUT2D eigenvalue weighted by Crippen LogP contribution is 2.23. The van der Waals surface area contributed by atoms with Crippen LogP contribution in [0.2, 0.25) is 0 Å². The fourth-order valence-corrected chi connectivity index (χ4v) is 2.64. The molecule has 0 aliphatic carbocycles. The Hall–Kier alpha value is -1.01. The van der Waals surface area contributed by atoms with Crippen molar-refractivity contribution in [1.82, 2.24) is 0 Å². The number of nitrogens with one attached hydrogen (secondary N) is 1. The highest BCUT2D eigenvalue weighted by atomic mass is 79.9. The van der Waals surface area contributed by atoms with Gasteiger partial charge in [-0.25, -0.2) is 0 Å². The first-order chi connectivity index (χ1) is 9.77. The molecule has 1 aromatic rings. The van der Waals surface area contributed by atoms with Crippen LogP contribution in [-0.2, 0) is 0 Å². The highest BCUT2D eigenvalue weighted by Gasteiger charge is 2.08. The summed E-state index contributed by atoms with van der Waals surface area (Å²) in [6.07, 6.45) is 9.92. The molecule has 0 aliphatic rings. The van der Waals surface area contributed by atoms with Crippen LogP contribution in [0.3, 0.4) is 0 Å². The van der Waals surface area contributed by atoms with Crippen LogP contribution < -0.4 is 5.32 Å². The van der Waals surface area contributed by atoms with Gasteiger partial charge in [0, 0.05) is 10.2 Å². The predicted molar refractivity (Wildman–Crippen MR) is 89.8 cm³/mol. The third kappa shape index (κ3) is 6.96. The zero-order chi connectivity index (χ0) is 14.6. The fraction of sp³-hybridized carbons (Fsp3) is 0.588. The van der Waals surface area contributed by atoms with Crippen molar-refractivity contribution in [1.29, 1.82) is 5.26 Å². The number of nitrogens with zero attached hydrogens (tertiary/aromatic N) is 1. The third-order valence-corrected chi connectivity index (χ3v) is 4.15. The van der Waals surface area contributed by atoms with E-state index in [1.807, 2.05) is 24.3 Å². The van der Waals surface area contributed by atoms with E-state index in [-0.39, 0.29) is 6.04 Å². The van der Waals surface area contributed by atoms with Gasteiger partial charge in [0.2, 0.25) is 0 Å². The van der Waals surface area contributed by atoms with Crippen molar-refractivity contribution in [3.8, 4) is 6.07 Å². The van der Waals surface area contributed by atoms with Gasteiger partial charge in [-0.05, 0) is 34.5 Å². The summed E-state index contributed by atoms with van der Waals surface area (Å²) in [4.78, 5) is 0. The zero-order valence-electron chi connectivity index (χ0n) is 12.4. The molecular weight excluding hydrogens is 312 g/mol. The van der Waals surface area contributed by atoms with Crippen LogP contribution in [0, 0.1) is 11.3 Å². The third-order valence-electron chi connectivity index (χ3n) is 3.46. The van der Waals surface area contributed by atoms with Crippen LogP contribution in [-0.4, -0.2) is 6.04 Å². The van der Waals surface area contributed by atoms with Crippen molar-refractivity contribution >= 4 is 21.6 Å². The van der Waals surface area contributed by atoms with Gasteiger partial charge in [0.25, 0.3) is 0 Å². The molecule has 0 bridgehead atoms. The molecule has 2 nitrogen and oxygen atoms in total. The molecule has 1 N–H and O–H groups in total. The first kappa shape index (κ1) is 17.0. The first-order valence-corrected chi connectivity index (χ1v) is 8.48. The van der Waals surface area contributed by atoms with E-state index in [1.54, 1.807) is 0 Å². The average molecular weight is 337 g/mol. The molecule has 1 unspecified atom stereocenters. The Kier molecular flexibility index (Phi) is 9.15. The molecule has 110 valence electrons. The molecule has 0 aliphatic heterocycles. The van der Waals surface area contributed by atoms with Gasteiger partial charge in [-0.3, -0.25) is 0 Å². The quantitative estimate of drug-likeness (QED) is 0.540. The summed E-state index contributed by atoms with van der Waals surface area (Å²) in [6, 6.07) is 10.2. The van der Waals surface area contributed by atoms with E-state index in [2.05, 4.69) is 34.2 Å². The molecule has 1 aromatic carbocycles. The smallest absolute Gasteiger partial charge is 0.114 e. The number of hydrogen-bond acceptors (Lipinski definition) is 2. The average Bonchev–Trinajstić information content (AvgIpc) is 2.47. The van der Waals surface area contributed by atoms with E-state index in [0.29, 0.717) is 0 Å². The van der Waals surface area contributed by atoms with E-state index < -0.39 is 0 Å². The topological polar surface area (TPSA) is 35.8 Å². The molecule has 0 saturated carbocycles. The van der Waals surface area contributed by atoms with E-state index in [0.717, 1.165) is 23.0 Å². The summed E-state index contributed by atoms with van der Waals surface area (Å²) in [5.74, 6) is 0. The normalized spacial score (nSPS) is 11.8. The van der Waals surface area contributed by atoms with Crippen LogP contribution >= 0.6 is 15.9 Å². The number of para-hydroxylation sites is 1. The molecule has 0 spiro atoms. The lowest BCUT2D eigenvalue weighted by atomic mass is 10.1. The number of hydrogen-bond donors (Lipinski definition) is 1. The molecule has 3 heteroatoms. The van der Waals surface area contributed by atoms with E-state index in [9.17, 15) is 5.26 Å². The van der Waals surface area contributed by atoms with Gasteiger partial charge in [-0.1, -0.05) is 64.0 Å². The zero-order valence-corrected chi connectivity index (χ0v) is 14.0. The van der Waals surface area contributed by atoms with Gasteiger partial charge < -0.3 is 5.32 Å². The number of benzene rings is 1. The summed E-state index contributed by atoms with van der Waals surface area (Å²) >= 11 is 3.50. The van der Waals surface area contributed by atoms with Crippen molar-refractivity contribution in [3.05, 3.63) is 28.7 Å². The fourth-order valence-electron chi connectivity index (χ4n) is 2.24. The summed E-state index contributed by atoms with van der Waals surface area (Å²) in [5, 5.41) is 12.5. The molecule has 0 fully saturated rings. The van der Waals surface area contributed by atoms with Crippen molar-refractivity contribution < 1.29 is 0 Å². The standard InChI is InChI=1S/C17H25BrN2/c1-2-3-4-5-6-7-8-11-15(14-19)20-17-13-10-9-12-16(17)18/h9-10,12-13,15,20H,2-8,11H2,1H3. The molecule has 0 radical (unpaired) electrons. The number of anilines is 1. The molecule has 0 aromatic heterocycles. The Morgan fingerprint density at radius 2 is 1.75 bits per heavy atom. The lowest BCUT2D eigenvalue weighted by Gasteiger charge is -2.14. The highest BCUT2D eigenvalue weighted by molar-refractivity contribution is 9.10. The van der Waals surface area contributed by atoms with Crippen molar-refractivity contribution in [2.45, 2.75) is 64.3 Å². The molecule has 20 heavy (non-hydrogen) atoms. The number of unbranched alkanes of at least 4 members (excludes halogenated alkanes) is 6. The van der Waals surface area contributed by atoms with Gasteiger partial charge >= 0.3 is 0 Å². The van der Waals surface area contributed by atoms with Crippen LogP contribution in [0.4, 0.5) is 5.69 Å². The van der Waals surface area contributed by atoms with E-state index in [1.165, 1.54) is 38.5 Å². The van der Waals surface area contributed by atoms with Crippen LogP contribution in [0.25, 0.3) is 0 Å². The minimum Gasteiger partial charge on any atom is -0.369 e. The minimum atomic E-state index is -0.0932. The Balaban J connectivity index is 2.21. The first-order valence-electron chi connectivity index (χ1n) is 7.68.